The number of hydrogen-bond acceptors (Lipinski definition) is 3. The number of methoxy groups -OCH3 is 1. The zero-order valence-electron chi connectivity index (χ0n) is 18.5. The van der Waals surface area contributed by atoms with Crippen LogP contribution >= 0.6 is 0 Å². The van der Waals surface area contributed by atoms with Crippen LogP contribution in [0.2, 0.25) is 0 Å². The van der Waals surface area contributed by atoms with E-state index < -0.39 is 0 Å². The second-order valence-electron chi connectivity index (χ2n) is 9.61. The monoisotopic (exact) mass is 392 g/mol. The number of aryl methyl sites for hydroxylation is 2. The molecule has 1 fully saturated rings. The molecule has 1 unspecified atom stereocenters. The molecule has 1 aliphatic carbocycles. The highest BCUT2D eigenvalue weighted by Gasteiger charge is 2.60. The summed E-state index contributed by atoms with van der Waals surface area (Å²) in [5.74, 6) is 0.909. The third kappa shape index (κ3) is 3.62. The van der Waals surface area contributed by atoms with Crippen LogP contribution in [0.5, 0.6) is 5.75 Å². The van der Waals surface area contributed by atoms with Gasteiger partial charge in [-0.2, -0.15) is 0 Å². The largest absolute Gasteiger partial charge is 0.497 e. The van der Waals surface area contributed by atoms with Crippen molar-refractivity contribution in [1.82, 2.24) is 0 Å². The summed E-state index contributed by atoms with van der Waals surface area (Å²) in [4.78, 5) is 0. The molecule has 0 aromatic heterocycles. The molecule has 0 spiro atoms. The Bertz CT molecular complexity index is 846. The Morgan fingerprint density at radius 1 is 0.966 bits per heavy atom. The quantitative estimate of drug-likeness (QED) is 0.626. The highest BCUT2D eigenvalue weighted by Crippen LogP contribution is 2.50. The third-order valence-electron chi connectivity index (χ3n) is 7.33. The predicted octanol–water partition coefficient (Wildman–Crippen LogP) is 5.53. The average Bonchev–Trinajstić information content (AvgIpc) is 2.94. The minimum atomic E-state index is -0.339. The molecule has 4 rings (SSSR count). The number of ether oxygens (including phenoxy) is 1. The van der Waals surface area contributed by atoms with Crippen molar-refractivity contribution in [2.24, 2.45) is 0 Å². The van der Waals surface area contributed by atoms with E-state index in [9.17, 15) is 0 Å². The lowest BCUT2D eigenvalue weighted by atomic mass is 9.47. The molecular formula is C25H33BO3. The molecule has 1 heterocycles. The van der Waals surface area contributed by atoms with Crippen molar-refractivity contribution in [1.29, 1.82) is 0 Å². The van der Waals surface area contributed by atoms with Crippen molar-refractivity contribution >= 4 is 7.12 Å². The molecule has 0 saturated carbocycles. The van der Waals surface area contributed by atoms with Crippen LogP contribution in [0.4, 0.5) is 0 Å². The fourth-order valence-corrected chi connectivity index (χ4v) is 4.80. The summed E-state index contributed by atoms with van der Waals surface area (Å²) in [6.07, 6.45) is 5.32. The average molecular weight is 392 g/mol. The minimum absolute atomic E-state index is 0.178. The predicted molar refractivity (Wildman–Crippen MR) is 118 cm³/mol. The molecule has 3 nitrogen and oxygen atoms in total. The van der Waals surface area contributed by atoms with Crippen LogP contribution in [-0.4, -0.2) is 25.4 Å². The molecule has 2 aromatic carbocycles. The SMILES string of the molecule is COc1ccc2c(c1)C(CCc1ccccc1)(B1OC(C)(C)C(C)(C)O1)CCC2. The fraction of sp³-hybridized carbons (Fsp3) is 0.520. The first-order chi connectivity index (χ1) is 13.8. The van der Waals surface area contributed by atoms with Crippen molar-refractivity contribution in [2.75, 3.05) is 7.11 Å². The number of hydrogen-bond donors (Lipinski definition) is 0. The minimum Gasteiger partial charge on any atom is -0.497 e. The first kappa shape index (κ1) is 20.5. The lowest BCUT2D eigenvalue weighted by Crippen LogP contribution is -2.48. The highest BCUT2D eigenvalue weighted by atomic mass is 16.7. The summed E-state index contributed by atoms with van der Waals surface area (Å²) < 4.78 is 18.9. The van der Waals surface area contributed by atoms with E-state index in [1.807, 2.05) is 0 Å². The van der Waals surface area contributed by atoms with Gasteiger partial charge >= 0.3 is 7.12 Å². The van der Waals surface area contributed by atoms with E-state index in [0.717, 1.165) is 37.9 Å². The van der Waals surface area contributed by atoms with Crippen LogP contribution in [-0.2, 0) is 27.5 Å². The highest BCUT2D eigenvalue weighted by molar-refractivity contribution is 6.50. The van der Waals surface area contributed by atoms with Crippen molar-refractivity contribution in [3.63, 3.8) is 0 Å². The normalized spacial score (nSPS) is 24.9. The Morgan fingerprint density at radius 2 is 1.66 bits per heavy atom. The molecule has 29 heavy (non-hydrogen) atoms. The van der Waals surface area contributed by atoms with Gasteiger partial charge in [0.05, 0.1) is 18.3 Å². The molecule has 0 N–H and O–H groups in total. The first-order valence-electron chi connectivity index (χ1n) is 10.8. The second kappa shape index (κ2) is 7.48. The lowest BCUT2D eigenvalue weighted by Gasteiger charge is -2.41. The molecule has 154 valence electrons. The smallest absolute Gasteiger partial charge is 0.469 e. The molecule has 1 saturated heterocycles. The maximum absolute atomic E-state index is 6.66. The standard InChI is InChI=1S/C25H33BO3/c1-23(2)24(3,4)29-26(28-23)25(17-15-19-10-7-6-8-11-19)16-9-12-20-13-14-21(27-5)18-22(20)25/h6-8,10-11,13-14,18H,9,12,15-17H2,1-5H3. The molecule has 2 aromatic rings. The van der Waals surface area contributed by atoms with Crippen molar-refractivity contribution in [3.8, 4) is 5.75 Å². The van der Waals surface area contributed by atoms with E-state index in [0.29, 0.717) is 0 Å². The van der Waals surface area contributed by atoms with Crippen LogP contribution in [0.25, 0.3) is 0 Å². The number of rotatable bonds is 5. The molecule has 4 heteroatoms. The Balaban J connectivity index is 1.77. The van der Waals surface area contributed by atoms with Crippen LogP contribution in [0.3, 0.4) is 0 Å². The van der Waals surface area contributed by atoms with E-state index in [4.69, 9.17) is 14.0 Å². The van der Waals surface area contributed by atoms with E-state index in [1.165, 1.54) is 16.7 Å². The van der Waals surface area contributed by atoms with Crippen molar-refractivity contribution in [3.05, 3.63) is 65.2 Å². The van der Waals surface area contributed by atoms with Gasteiger partial charge in [0, 0.05) is 5.31 Å². The summed E-state index contributed by atoms with van der Waals surface area (Å²) in [5, 5.41) is -0.178. The maximum atomic E-state index is 6.66. The van der Waals surface area contributed by atoms with Crippen LogP contribution in [0, 0.1) is 0 Å². The molecule has 1 aliphatic heterocycles. The van der Waals surface area contributed by atoms with Gasteiger partial charge in [-0.1, -0.05) is 36.4 Å². The van der Waals surface area contributed by atoms with Crippen molar-refractivity contribution in [2.45, 2.75) is 76.3 Å². The van der Waals surface area contributed by atoms with Crippen LogP contribution in [0.15, 0.2) is 48.5 Å². The number of benzene rings is 2. The van der Waals surface area contributed by atoms with Crippen molar-refractivity contribution < 1.29 is 14.0 Å². The van der Waals surface area contributed by atoms with Gasteiger partial charge < -0.3 is 14.0 Å². The van der Waals surface area contributed by atoms with Gasteiger partial charge in [-0.05, 0) is 88.6 Å². The van der Waals surface area contributed by atoms with E-state index in [2.05, 4.69) is 76.2 Å². The second-order valence-corrected chi connectivity index (χ2v) is 9.61. The zero-order valence-corrected chi connectivity index (χ0v) is 18.5. The zero-order chi connectivity index (χ0) is 20.7. The fourth-order valence-electron chi connectivity index (χ4n) is 4.80. The van der Waals surface area contributed by atoms with E-state index >= 15 is 0 Å². The van der Waals surface area contributed by atoms with Gasteiger partial charge in [0.2, 0.25) is 0 Å². The summed E-state index contributed by atoms with van der Waals surface area (Å²) >= 11 is 0. The molecule has 1 atom stereocenters. The summed E-state index contributed by atoms with van der Waals surface area (Å²) in [6.45, 7) is 8.58. The van der Waals surface area contributed by atoms with Crippen LogP contribution < -0.4 is 4.74 Å². The third-order valence-corrected chi connectivity index (χ3v) is 7.33. The van der Waals surface area contributed by atoms with Gasteiger partial charge in [-0.15, -0.1) is 0 Å². The van der Waals surface area contributed by atoms with Gasteiger partial charge in [0.25, 0.3) is 0 Å². The maximum Gasteiger partial charge on any atom is 0.469 e. The Kier molecular flexibility index (Phi) is 5.29. The number of fused-ring (bicyclic) bond motifs is 1. The summed E-state index contributed by atoms with van der Waals surface area (Å²) in [6, 6.07) is 17.3. The molecule has 0 amide bonds. The van der Waals surface area contributed by atoms with Gasteiger partial charge in [0.15, 0.2) is 0 Å². The van der Waals surface area contributed by atoms with Gasteiger partial charge in [0.1, 0.15) is 5.75 Å². The summed E-state index contributed by atoms with van der Waals surface area (Å²) in [7, 11) is 1.48. The first-order valence-corrected chi connectivity index (χ1v) is 10.8. The molecule has 0 radical (unpaired) electrons. The van der Waals surface area contributed by atoms with E-state index in [1.54, 1.807) is 7.11 Å². The van der Waals surface area contributed by atoms with Crippen LogP contribution in [0.1, 0.15) is 63.6 Å². The Labute approximate surface area is 175 Å². The lowest BCUT2D eigenvalue weighted by molar-refractivity contribution is 0.00578. The van der Waals surface area contributed by atoms with E-state index in [-0.39, 0.29) is 23.6 Å². The Morgan fingerprint density at radius 3 is 2.31 bits per heavy atom. The Hall–Kier alpha value is -1.78. The molecular weight excluding hydrogens is 359 g/mol. The molecule has 0 bridgehead atoms. The molecule has 2 aliphatic rings. The van der Waals surface area contributed by atoms with Gasteiger partial charge in [-0.25, -0.2) is 0 Å². The summed E-state index contributed by atoms with van der Waals surface area (Å²) in [5.41, 5.74) is 3.43. The van der Waals surface area contributed by atoms with Gasteiger partial charge in [-0.3, -0.25) is 0 Å². The topological polar surface area (TPSA) is 27.7 Å².